The SMILES string of the molecule is Cc1cccc(N(c2cccc(C)c2)c2ccc(C3CCC(N(C4=CC(C)CC=C4)c4cccc(C)c4)C[C@H]3C)c(C)c2)c1. The molecule has 0 radical (unpaired) electrons. The van der Waals surface area contributed by atoms with Crippen LogP contribution >= 0.6 is 0 Å². The van der Waals surface area contributed by atoms with Crippen LogP contribution in [0.1, 0.15) is 73.3 Å². The van der Waals surface area contributed by atoms with E-state index in [1.165, 1.54) is 75.5 Å². The Morgan fingerprint density at radius 3 is 1.80 bits per heavy atom. The van der Waals surface area contributed by atoms with E-state index < -0.39 is 0 Å². The number of benzene rings is 4. The van der Waals surface area contributed by atoms with E-state index in [-0.39, 0.29) is 0 Å². The van der Waals surface area contributed by atoms with Gasteiger partial charge in [0, 0.05) is 34.5 Å². The van der Waals surface area contributed by atoms with Gasteiger partial charge in [-0.05, 0) is 154 Å². The quantitative estimate of drug-likeness (QED) is 0.214. The van der Waals surface area contributed by atoms with Crippen LogP contribution in [-0.4, -0.2) is 6.04 Å². The van der Waals surface area contributed by atoms with Crippen molar-refractivity contribution >= 4 is 22.7 Å². The van der Waals surface area contributed by atoms with Crippen molar-refractivity contribution in [3.8, 4) is 0 Å². The molecule has 1 saturated carbocycles. The molecule has 0 heterocycles. The lowest BCUT2D eigenvalue weighted by molar-refractivity contribution is 0.293. The fourth-order valence-electron chi connectivity index (χ4n) is 7.59. The molecule has 6 rings (SSSR count). The van der Waals surface area contributed by atoms with Gasteiger partial charge in [-0.3, -0.25) is 0 Å². The van der Waals surface area contributed by atoms with Crippen LogP contribution < -0.4 is 9.80 Å². The van der Waals surface area contributed by atoms with Gasteiger partial charge in [0.15, 0.2) is 0 Å². The highest BCUT2D eigenvalue weighted by Gasteiger charge is 2.34. The molecule has 0 aliphatic heterocycles. The van der Waals surface area contributed by atoms with Gasteiger partial charge in [0.2, 0.25) is 0 Å². The Morgan fingerprint density at radius 2 is 1.23 bits per heavy atom. The zero-order chi connectivity index (χ0) is 30.8. The molecule has 226 valence electrons. The van der Waals surface area contributed by atoms with Crippen LogP contribution in [0.4, 0.5) is 22.7 Å². The summed E-state index contributed by atoms with van der Waals surface area (Å²) in [6, 6.07) is 34.5. The van der Waals surface area contributed by atoms with Crippen molar-refractivity contribution in [3.05, 3.63) is 143 Å². The predicted molar refractivity (Wildman–Crippen MR) is 190 cm³/mol. The minimum Gasteiger partial charge on any atom is -0.339 e. The number of hydrogen-bond acceptors (Lipinski definition) is 2. The standard InChI is InChI=1S/C42H48N2/c1-29-11-7-15-35(23-29)43(36-16-8-12-30(2)24-36)39-19-21-41(33(5)27-39)42-22-20-40(28-34(42)6)44(37-17-9-13-31(3)25-37)38-18-10-14-32(4)26-38/h7-13,15-19,21,23-27,32,34,40,42H,14,20,22,28H2,1-6H3/t32?,34-,40?,42?/m1/s1. The van der Waals surface area contributed by atoms with Crippen molar-refractivity contribution < 1.29 is 0 Å². The largest absolute Gasteiger partial charge is 0.339 e. The van der Waals surface area contributed by atoms with Gasteiger partial charge in [-0.1, -0.05) is 68.5 Å². The molecule has 1 fully saturated rings. The van der Waals surface area contributed by atoms with Crippen molar-refractivity contribution in [1.82, 2.24) is 0 Å². The van der Waals surface area contributed by atoms with Crippen LogP contribution in [0.25, 0.3) is 0 Å². The van der Waals surface area contributed by atoms with Crippen molar-refractivity contribution in [3.63, 3.8) is 0 Å². The van der Waals surface area contributed by atoms with E-state index in [0.717, 1.165) is 6.42 Å². The maximum Gasteiger partial charge on any atom is 0.0464 e. The van der Waals surface area contributed by atoms with Crippen LogP contribution in [0.5, 0.6) is 0 Å². The summed E-state index contributed by atoms with van der Waals surface area (Å²) >= 11 is 0. The molecule has 0 N–H and O–H groups in total. The zero-order valence-corrected chi connectivity index (χ0v) is 27.4. The number of aryl methyl sites for hydroxylation is 4. The molecule has 0 spiro atoms. The van der Waals surface area contributed by atoms with Crippen molar-refractivity contribution in [1.29, 1.82) is 0 Å². The second kappa shape index (κ2) is 12.9. The number of hydrogen-bond donors (Lipinski definition) is 0. The number of allylic oxidation sites excluding steroid dienone is 3. The molecule has 0 saturated heterocycles. The lowest BCUT2D eigenvalue weighted by Gasteiger charge is -2.43. The first-order valence-corrected chi connectivity index (χ1v) is 16.5. The highest BCUT2D eigenvalue weighted by Crippen LogP contribution is 2.44. The Kier molecular flexibility index (Phi) is 8.80. The molecule has 0 amide bonds. The highest BCUT2D eigenvalue weighted by molar-refractivity contribution is 5.77. The summed E-state index contributed by atoms with van der Waals surface area (Å²) in [4.78, 5) is 5.06. The van der Waals surface area contributed by atoms with Crippen molar-refractivity contribution in [2.24, 2.45) is 11.8 Å². The third-order valence-corrected chi connectivity index (χ3v) is 9.75. The predicted octanol–water partition coefficient (Wildman–Crippen LogP) is 11.6. The van der Waals surface area contributed by atoms with Crippen molar-refractivity contribution in [2.45, 2.75) is 79.2 Å². The molecule has 4 atom stereocenters. The number of nitrogens with zero attached hydrogens (tertiary/aromatic N) is 2. The van der Waals surface area contributed by atoms with E-state index in [1.807, 2.05) is 0 Å². The monoisotopic (exact) mass is 580 g/mol. The van der Waals surface area contributed by atoms with Crippen LogP contribution in [0.3, 0.4) is 0 Å². The van der Waals surface area contributed by atoms with Gasteiger partial charge in [0.05, 0.1) is 0 Å². The van der Waals surface area contributed by atoms with Crippen molar-refractivity contribution in [2.75, 3.05) is 9.80 Å². The second-order valence-corrected chi connectivity index (χ2v) is 13.5. The van der Waals surface area contributed by atoms with E-state index in [1.54, 1.807) is 0 Å². The molecule has 4 aromatic rings. The number of anilines is 4. The Labute approximate surface area is 265 Å². The van der Waals surface area contributed by atoms with Gasteiger partial charge in [0.25, 0.3) is 0 Å². The Morgan fingerprint density at radius 1 is 0.636 bits per heavy atom. The van der Waals surface area contributed by atoms with Gasteiger partial charge < -0.3 is 9.80 Å². The molecule has 4 aromatic carbocycles. The summed E-state index contributed by atoms with van der Waals surface area (Å²) < 4.78 is 0. The number of rotatable bonds is 7. The van der Waals surface area contributed by atoms with Gasteiger partial charge in [-0.25, -0.2) is 0 Å². The molecule has 3 unspecified atom stereocenters. The summed E-state index contributed by atoms with van der Waals surface area (Å²) in [5, 5.41) is 0. The van der Waals surface area contributed by atoms with E-state index in [9.17, 15) is 0 Å². The maximum absolute atomic E-state index is 2.66. The van der Waals surface area contributed by atoms with Gasteiger partial charge >= 0.3 is 0 Å². The molecular weight excluding hydrogens is 532 g/mol. The normalized spacial score (nSPS) is 21.5. The lowest BCUT2D eigenvalue weighted by Crippen LogP contribution is -2.40. The van der Waals surface area contributed by atoms with Crippen LogP contribution in [0, 0.1) is 39.5 Å². The van der Waals surface area contributed by atoms with E-state index in [0.29, 0.717) is 23.8 Å². The van der Waals surface area contributed by atoms with Gasteiger partial charge in [0.1, 0.15) is 0 Å². The molecule has 2 aliphatic rings. The second-order valence-electron chi connectivity index (χ2n) is 13.5. The molecule has 0 aromatic heterocycles. The summed E-state index contributed by atoms with van der Waals surface area (Å²) in [7, 11) is 0. The summed E-state index contributed by atoms with van der Waals surface area (Å²) in [6.45, 7) is 13.7. The smallest absolute Gasteiger partial charge is 0.0464 e. The molecule has 44 heavy (non-hydrogen) atoms. The molecule has 2 heteroatoms. The summed E-state index contributed by atoms with van der Waals surface area (Å²) in [5.74, 6) is 1.75. The third-order valence-electron chi connectivity index (χ3n) is 9.75. The topological polar surface area (TPSA) is 6.48 Å². The first-order valence-electron chi connectivity index (χ1n) is 16.5. The van der Waals surface area contributed by atoms with E-state index in [4.69, 9.17) is 0 Å². The first-order chi connectivity index (χ1) is 21.3. The molecule has 0 bridgehead atoms. The average molecular weight is 581 g/mol. The Bertz CT molecular complexity index is 1630. The molecule has 2 nitrogen and oxygen atoms in total. The Balaban J connectivity index is 1.28. The van der Waals surface area contributed by atoms with Crippen LogP contribution in [0.2, 0.25) is 0 Å². The Hall–Kier alpha value is -4.04. The van der Waals surface area contributed by atoms with E-state index in [2.05, 4.69) is 161 Å². The third kappa shape index (κ3) is 6.41. The minimum atomic E-state index is 0.502. The average Bonchev–Trinajstić information content (AvgIpc) is 2.98. The maximum atomic E-state index is 2.66. The highest BCUT2D eigenvalue weighted by atomic mass is 15.2. The van der Waals surface area contributed by atoms with E-state index >= 15 is 0 Å². The fraction of sp³-hybridized carbons (Fsp3) is 0.333. The first kappa shape index (κ1) is 30.0. The zero-order valence-electron chi connectivity index (χ0n) is 27.4. The van der Waals surface area contributed by atoms with Gasteiger partial charge in [-0.2, -0.15) is 0 Å². The lowest BCUT2D eigenvalue weighted by atomic mass is 9.73. The summed E-state index contributed by atoms with van der Waals surface area (Å²) in [5.41, 5.74) is 13.1. The summed E-state index contributed by atoms with van der Waals surface area (Å²) in [6.07, 6.45) is 11.9. The van der Waals surface area contributed by atoms with Crippen LogP contribution in [-0.2, 0) is 0 Å². The van der Waals surface area contributed by atoms with Gasteiger partial charge in [-0.15, -0.1) is 0 Å². The molecular formula is C42H48N2. The minimum absolute atomic E-state index is 0.502. The fourth-order valence-corrected chi connectivity index (χ4v) is 7.59. The molecule has 2 aliphatic carbocycles. The van der Waals surface area contributed by atoms with Crippen LogP contribution in [0.15, 0.2) is 115 Å².